The normalized spacial score (nSPS) is 14.5. The summed E-state index contributed by atoms with van der Waals surface area (Å²) in [4.78, 5) is 13.6. The van der Waals surface area contributed by atoms with Gasteiger partial charge in [0.2, 0.25) is 5.91 Å². The first-order valence-corrected chi connectivity index (χ1v) is 29.6. The molecule has 0 spiro atoms. The van der Waals surface area contributed by atoms with E-state index in [1.165, 1.54) is 199 Å². The van der Waals surface area contributed by atoms with Crippen molar-refractivity contribution < 1.29 is 14.3 Å². The van der Waals surface area contributed by atoms with Crippen LogP contribution in [0.5, 0.6) is 0 Å². The van der Waals surface area contributed by atoms with E-state index in [0.29, 0.717) is 13.0 Å². The third kappa shape index (κ3) is 32.9. The molecule has 0 radical (unpaired) electrons. The predicted octanol–water partition coefficient (Wildman–Crippen LogP) is 17.4. The van der Waals surface area contributed by atoms with Gasteiger partial charge in [-0.1, -0.05) is 274 Å². The van der Waals surface area contributed by atoms with Crippen LogP contribution in [0.2, 0.25) is 13.1 Å². The Kier molecular flexibility index (Phi) is 37.8. The second-order valence-electron chi connectivity index (χ2n) is 21.7. The summed E-state index contributed by atoms with van der Waals surface area (Å²) in [5, 5.41) is 16.3. The lowest BCUT2D eigenvalue weighted by atomic mass is 9.57. The summed E-state index contributed by atoms with van der Waals surface area (Å²) in [6, 6.07) is -0.205. The average molecular weight is 851 g/mol. The molecule has 0 heterocycles. The second-order valence-corrected chi connectivity index (χ2v) is 24.2. The quantitative estimate of drug-likeness (QED) is 0.0475. The molecule has 0 aromatic rings. The van der Waals surface area contributed by atoms with Gasteiger partial charge >= 0.3 is 0 Å². The molecule has 5 heteroatoms. The van der Waals surface area contributed by atoms with Gasteiger partial charge in [0.1, 0.15) is 0 Å². The summed E-state index contributed by atoms with van der Waals surface area (Å²) < 4.78 is 6.37. The number of nitrogens with one attached hydrogen (secondary N) is 1. The molecule has 59 heavy (non-hydrogen) atoms. The molecule has 354 valence electrons. The van der Waals surface area contributed by atoms with Crippen LogP contribution in [0.25, 0.3) is 0 Å². The highest BCUT2D eigenvalue weighted by Crippen LogP contribution is 2.49. The van der Waals surface area contributed by atoms with Crippen LogP contribution in [0.3, 0.4) is 0 Å². The molecule has 0 aliphatic rings. The van der Waals surface area contributed by atoms with Crippen molar-refractivity contribution in [3.8, 4) is 0 Å². The van der Waals surface area contributed by atoms with Gasteiger partial charge in [0, 0.05) is 12.3 Å². The molecular formula is C54H111NO3Si. The van der Waals surface area contributed by atoms with E-state index < -0.39 is 14.6 Å². The first kappa shape index (κ1) is 58.6. The number of carbonyl (C=O) groups is 1. The fourth-order valence-electron chi connectivity index (χ4n) is 9.75. The highest BCUT2D eigenvalue weighted by Gasteiger charge is 2.53. The molecule has 0 rings (SSSR count). The Morgan fingerprint density at radius 2 is 0.780 bits per heavy atom. The van der Waals surface area contributed by atoms with E-state index in [2.05, 4.69) is 73.8 Å². The number of aliphatic hydroxyl groups is 1. The van der Waals surface area contributed by atoms with Gasteiger partial charge in [-0.15, -0.1) is 0 Å². The van der Waals surface area contributed by atoms with Gasteiger partial charge in [-0.25, -0.2) is 0 Å². The zero-order chi connectivity index (χ0) is 44.1. The van der Waals surface area contributed by atoms with Crippen LogP contribution in [0.15, 0.2) is 0 Å². The maximum atomic E-state index is 13.6. The lowest BCUT2D eigenvalue weighted by Crippen LogP contribution is -2.62. The minimum atomic E-state index is -1.31. The summed E-state index contributed by atoms with van der Waals surface area (Å²) in [5.41, 5.74) is -1.45. The summed E-state index contributed by atoms with van der Waals surface area (Å²) >= 11 is 0. The van der Waals surface area contributed by atoms with Crippen LogP contribution in [0.1, 0.15) is 293 Å². The molecule has 0 aliphatic carbocycles. The first-order valence-electron chi connectivity index (χ1n) is 26.8. The molecular weight excluding hydrogens is 739 g/mol. The van der Waals surface area contributed by atoms with Gasteiger partial charge < -0.3 is 14.8 Å². The van der Waals surface area contributed by atoms with Crippen LogP contribution in [0.4, 0.5) is 0 Å². The van der Waals surface area contributed by atoms with E-state index in [-0.39, 0.29) is 28.7 Å². The van der Waals surface area contributed by atoms with Crippen molar-refractivity contribution in [1.82, 2.24) is 5.32 Å². The Hall–Kier alpha value is -0.393. The average Bonchev–Trinajstić information content (AvgIpc) is 3.16. The summed E-state index contributed by atoms with van der Waals surface area (Å²) in [6.45, 7) is 22.8. The SMILES string of the molecule is CCCCCCCCCCCCCCCCCCCCCCCCCC(=O)N[C@H](CO[SiH](C)C)[C@H](C(C)(C)C)[C@](O)(CCCCCCCCCCCCCC)C(C)(C)C. The molecule has 0 saturated heterocycles. The standard InChI is InChI=1S/C54H111NO3Si/c1-11-13-15-17-19-21-23-25-26-27-28-29-30-31-32-33-34-35-36-38-40-42-44-46-50(56)55-49(48-58-59(9)10)51(52(3,4)5)54(57,53(6,7)8)47-45-43-41-39-37-24-22-20-18-16-14-12-2/h49,51,57,59H,11-48H2,1-10H3,(H,55,56)/t49-,51-,54-/m1/s1. The monoisotopic (exact) mass is 850 g/mol. The van der Waals surface area contributed by atoms with Crippen LogP contribution >= 0.6 is 0 Å². The topological polar surface area (TPSA) is 58.6 Å². The third-order valence-electron chi connectivity index (χ3n) is 13.5. The van der Waals surface area contributed by atoms with Gasteiger partial charge in [-0.3, -0.25) is 4.79 Å². The van der Waals surface area contributed by atoms with Gasteiger partial charge in [0.05, 0.1) is 18.2 Å². The number of carbonyl (C=O) groups excluding carboxylic acids is 1. The summed E-state index contributed by atoms with van der Waals surface area (Å²) in [7, 11) is -1.31. The molecule has 0 saturated carbocycles. The Morgan fingerprint density at radius 1 is 0.492 bits per heavy atom. The van der Waals surface area contributed by atoms with Crippen molar-refractivity contribution >= 4 is 14.9 Å². The van der Waals surface area contributed by atoms with E-state index in [9.17, 15) is 9.90 Å². The molecule has 0 bridgehead atoms. The summed E-state index contributed by atoms with van der Waals surface area (Å²) in [6.07, 6.45) is 48.8. The van der Waals surface area contributed by atoms with E-state index >= 15 is 0 Å². The van der Waals surface area contributed by atoms with Gasteiger partial charge in [0.15, 0.2) is 9.04 Å². The van der Waals surface area contributed by atoms with E-state index in [0.717, 1.165) is 32.1 Å². The van der Waals surface area contributed by atoms with Crippen LogP contribution in [-0.4, -0.2) is 38.3 Å². The van der Waals surface area contributed by atoms with Gasteiger partial charge in [-0.05, 0) is 36.8 Å². The molecule has 0 aromatic carbocycles. The molecule has 0 unspecified atom stereocenters. The molecule has 1 amide bonds. The Balaban J connectivity index is 4.52. The molecule has 4 nitrogen and oxygen atoms in total. The van der Waals surface area contributed by atoms with Crippen molar-refractivity contribution in [3.05, 3.63) is 0 Å². The highest BCUT2D eigenvalue weighted by atomic mass is 28.3. The highest BCUT2D eigenvalue weighted by molar-refractivity contribution is 6.48. The van der Waals surface area contributed by atoms with Crippen molar-refractivity contribution in [2.24, 2.45) is 16.7 Å². The fraction of sp³-hybridized carbons (Fsp3) is 0.981. The summed E-state index contributed by atoms with van der Waals surface area (Å²) in [5.74, 6) is 0.0113. The van der Waals surface area contributed by atoms with Crippen LogP contribution in [0, 0.1) is 16.7 Å². The number of unbranched alkanes of at least 4 members (excludes halogenated alkanes) is 33. The molecule has 0 aliphatic heterocycles. The molecule has 0 fully saturated rings. The maximum absolute atomic E-state index is 13.6. The zero-order valence-electron chi connectivity index (χ0n) is 42.4. The Bertz CT molecular complexity index is 910. The smallest absolute Gasteiger partial charge is 0.220 e. The third-order valence-corrected chi connectivity index (χ3v) is 14.4. The largest absolute Gasteiger partial charge is 0.418 e. The van der Waals surface area contributed by atoms with Gasteiger partial charge in [0.25, 0.3) is 0 Å². The number of rotatable bonds is 43. The second kappa shape index (κ2) is 38.1. The van der Waals surface area contributed by atoms with Crippen molar-refractivity contribution in [2.75, 3.05) is 6.61 Å². The van der Waals surface area contributed by atoms with Crippen LogP contribution < -0.4 is 5.32 Å². The molecule has 0 aromatic heterocycles. The Morgan fingerprint density at radius 3 is 1.05 bits per heavy atom. The van der Waals surface area contributed by atoms with Crippen molar-refractivity contribution in [1.29, 1.82) is 0 Å². The lowest BCUT2D eigenvalue weighted by molar-refractivity contribution is -0.158. The maximum Gasteiger partial charge on any atom is 0.220 e. The zero-order valence-corrected chi connectivity index (χ0v) is 43.5. The number of hydrogen-bond acceptors (Lipinski definition) is 3. The van der Waals surface area contributed by atoms with Crippen molar-refractivity contribution in [2.45, 2.75) is 318 Å². The van der Waals surface area contributed by atoms with E-state index in [1.807, 2.05) is 0 Å². The first-order chi connectivity index (χ1) is 28.2. The fourth-order valence-corrected chi connectivity index (χ4v) is 10.3. The minimum absolute atomic E-state index is 0.117. The van der Waals surface area contributed by atoms with E-state index in [4.69, 9.17) is 4.43 Å². The molecule has 3 atom stereocenters. The van der Waals surface area contributed by atoms with E-state index in [1.54, 1.807) is 0 Å². The van der Waals surface area contributed by atoms with Crippen molar-refractivity contribution in [3.63, 3.8) is 0 Å². The predicted molar refractivity (Wildman–Crippen MR) is 266 cm³/mol. The lowest BCUT2D eigenvalue weighted by Gasteiger charge is -2.54. The van der Waals surface area contributed by atoms with Crippen LogP contribution in [-0.2, 0) is 9.22 Å². The Labute approximate surface area is 374 Å². The molecule has 2 N–H and O–H groups in total. The van der Waals surface area contributed by atoms with Gasteiger partial charge in [-0.2, -0.15) is 0 Å². The minimum Gasteiger partial charge on any atom is -0.418 e. The number of hydrogen-bond donors (Lipinski definition) is 2. The number of amides is 1.